The molecule has 3 rings (SSSR count). The van der Waals surface area contributed by atoms with Crippen molar-refractivity contribution in [2.45, 2.75) is 46.2 Å². The highest BCUT2D eigenvalue weighted by atomic mass is 16.2. The highest BCUT2D eigenvalue weighted by Crippen LogP contribution is 2.18. The van der Waals surface area contributed by atoms with E-state index in [1.165, 1.54) is 0 Å². The van der Waals surface area contributed by atoms with E-state index in [1.54, 1.807) is 18.2 Å². The van der Waals surface area contributed by atoms with Crippen LogP contribution in [0.4, 0.5) is 16.2 Å². The van der Waals surface area contributed by atoms with Gasteiger partial charge in [-0.05, 0) is 67.6 Å². The molecule has 0 saturated carbocycles. The number of carbonyl (C=O) groups is 3. The van der Waals surface area contributed by atoms with Gasteiger partial charge in [0.15, 0.2) is 0 Å². The summed E-state index contributed by atoms with van der Waals surface area (Å²) in [5.41, 5.74) is 3.64. The number of carbonyl (C=O) groups excluding carboxylic acids is 3. The van der Waals surface area contributed by atoms with Crippen LogP contribution in [0.25, 0.3) is 0 Å². The lowest BCUT2D eigenvalue weighted by Gasteiger charge is -2.23. The van der Waals surface area contributed by atoms with Crippen LogP contribution in [0.15, 0.2) is 78.9 Å². The van der Waals surface area contributed by atoms with Crippen LogP contribution in [0.3, 0.4) is 0 Å². The lowest BCUT2D eigenvalue weighted by Crippen LogP contribution is -2.48. The van der Waals surface area contributed by atoms with E-state index < -0.39 is 6.04 Å². The van der Waals surface area contributed by atoms with Crippen LogP contribution in [0.1, 0.15) is 54.7 Å². The van der Waals surface area contributed by atoms with Crippen molar-refractivity contribution in [2.24, 2.45) is 5.92 Å². The first-order chi connectivity index (χ1) is 17.2. The highest BCUT2D eigenvalue weighted by Gasteiger charge is 2.24. The van der Waals surface area contributed by atoms with Crippen molar-refractivity contribution < 1.29 is 14.4 Å². The molecule has 0 fully saturated rings. The van der Waals surface area contributed by atoms with Crippen LogP contribution in [0.5, 0.6) is 0 Å². The number of anilines is 2. The van der Waals surface area contributed by atoms with Crippen LogP contribution in [-0.2, 0) is 4.79 Å². The van der Waals surface area contributed by atoms with E-state index in [4.69, 9.17) is 0 Å². The summed E-state index contributed by atoms with van der Waals surface area (Å²) in [6.45, 7) is 7.79. The quantitative estimate of drug-likeness (QED) is 0.314. The number of hydrogen-bond donors (Lipinski definition) is 4. The summed E-state index contributed by atoms with van der Waals surface area (Å²) in [4.78, 5) is 38.1. The average molecular weight is 487 g/mol. The van der Waals surface area contributed by atoms with Gasteiger partial charge in [0.1, 0.15) is 6.04 Å². The van der Waals surface area contributed by atoms with Crippen molar-refractivity contribution >= 4 is 29.2 Å². The molecule has 7 heteroatoms. The van der Waals surface area contributed by atoms with Crippen molar-refractivity contribution in [3.05, 3.63) is 95.6 Å². The zero-order valence-electron chi connectivity index (χ0n) is 21.2. The fourth-order valence-electron chi connectivity index (χ4n) is 3.83. The van der Waals surface area contributed by atoms with Crippen molar-refractivity contribution in [3.8, 4) is 0 Å². The molecule has 7 nitrogen and oxygen atoms in total. The Morgan fingerprint density at radius 2 is 1.31 bits per heavy atom. The third-order valence-corrected chi connectivity index (χ3v) is 5.78. The maximum absolute atomic E-state index is 13.1. The Bertz CT molecular complexity index is 1180. The van der Waals surface area contributed by atoms with Crippen LogP contribution in [0.2, 0.25) is 0 Å². The van der Waals surface area contributed by atoms with Gasteiger partial charge in [-0.15, -0.1) is 0 Å². The molecule has 0 bridgehead atoms. The molecule has 2 atom stereocenters. The number of para-hydroxylation sites is 1. The topological polar surface area (TPSA) is 99.3 Å². The van der Waals surface area contributed by atoms with E-state index in [0.29, 0.717) is 23.4 Å². The molecule has 0 spiro atoms. The first-order valence-corrected chi connectivity index (χ1v) is 12.1. The smallest absolute Gasteiger partial charge is 0.323 e. The lowest BCUT2D eigenvalue weighted by atomic mass is 10.0. The van der Waals surface area contributed by atoms with Crippen molar-refractivity contribution in [1.29, 1.82) is 0 Å². The molecule has 2 unspecified atom stereocenters. The van der Waals surface area contributed by atoms with E-state index in [0.717, 1.165) is 11.1 Å². The lowest BCUT2D eigenvalue weighted by molar-refractivity contribution is -0.124. The number of urea groups is 1. The maximum Gasteiger partial charge on any atom is 0.323 e. The summed E-state index contributed by atoms with van der Waals surface area (Å²) in [6.07, 6.45) is 0.523. The fraction of sp³-hybridized carbons (Fsp3) is 0.276. The Balaban J connectivity index is 1.60. The van der Waals surface area contributed by atoms with Crippen LogP contribution in [0, 0.1) is 12.8 Å². The largest absolute Gasteiger partial charge is 0.348 e. The Kier molecular flexibility index (Phi) is 9.22. The zero-order chi connectivity index (χ0) is 26.1. The molecule has 0 radical (unpaired) electrons. The van der Waals surface area contributed by atoms with Gasteiger partial charge in [0.25, 0.3) is 5.91 Å². The van der Waals surface area contributed by atoms with Gasteiger partial charge in [0, 0.05) is 16.9 Å². The summed E-state index contributed by atoms with van der Waals surface area (Å²) in [7, 11) is 0. The Labute approximate surface area is 212 Å². The van der Waals surface area contributed by atoms with Crippen LogP contribution >= 0.6 is 0 Å². The van der Waals surface area contributed by atoms with Crippen LogP contribution < -0.4 is 21.3 Å². The predicted molar refractivity (Wildman–Crippen MR) is 144 cm³/mol. The molecule has 0 aromatic heterocycles. The van der Waals surface area contributed by atoms with Gasteiger partial charge in [-0.2, -0.15) is 0 Å². The van der Waals surface area contributed by atoms with Gasteiger partial charge >= 0.3 is 6.03 Å². The second-order valence-corrected chi connectivity index (χ2v) is 9.27. The molecule has 188 valence electrons. The predicted octanol–water partition coefficient (Wildman–Crippen LogP) is 5.66. The Morgan fingerprint density at radius 1 is 0.722 bits per heavy atom. The normalized spacial score (nSPS) is 12.4. The minimum Gasteiger partial charge on any atom is -0.348 e. The first-order valence-electron chi connectivity index (χ1n) is 12.1. The van der Waals surface area contributed by atoms with Crippen LogP contribution in [-0.4, -0.2) is 23.9 Å². The van der Waals surface area contributed by atoms with E-state index in [2.05, 4.69) is 21.3 Å². The molecule has 0 aliphatic carbocycles. The van der Waals surface area contributed by atoms with E-state index in [9.17, 15) is 14.4 Å². The van der Waals surface area contributed by atoms with Gasteiger partial charge in [0.2, 0.25) is 5.91 Å². The summed E-state index contributed by atoms with van der Waals surface area (Å²) < 4.78 is 0. The molecule has 0 aliphatic rings. The third-order valence-electron chi connectivity index (χ3n) is 5.78. The van der Waals surface area contributed by atoms with Crippen molar-refractivity contribution in [3.63, 3.8) is 0 Å². The molecule has 0 heterocycles. The monoisotopic (exact) mass is 486 g/mol. The minimum atomic E-state index is -0.651. The van der Waals surface area contributed by atoms with Gasteiger partial charge in [-0.1, -0.05) is 62.4 Å². The molecule has 0 saturated heterocycles. The Hall–Kier alpha value is -4.13. The summed E-state index contributed by atoms with van der Waals surface area (Å²) >= 11 is 0. The molecular formula is C29H34N4O3. The highest BCUT2D eigenvalue weighted by molar-refractivity contribution is 6.00. The second-order valence-electron chi connectivity index (χ2n) is 9.27. The number of hydrogen-bond acceptors (Lipinski definition) is 3. The summed E-state index contributed by atoms with van der Waals surface area (Å²) in [5, 5.41) is 11.5. The molecule has 0 aliphatic heterocycles. The third kappa shape index (κ3) is 7.70. The minimum absolute atomic E-state index is 0.223. The Morgan fingerprint density at radius 3 is 1.92 bits per heavy atom. The molecule has 4 amide bonds. The van der Waals surface area contributed by atoms with E-state index in [-0.39, 0.29) is 29.8 Å². The molecule has 4 N–H and O–H groups in total. The molecule has 3 aromatic rings. The number of benzene rings is 3. The van der Waals surface area contributed by atoms with Gasteiger partial charge in [-0.3, -0.25) is 9.59 Å². The average Bonchev–Trinajstić information content (AvgIpc) is 2.84. The summed E-state index contributed by atoms with van der Waals surface area (Å²) in [6, 6.07) is 22.5. The standard InChI is InChI=1S/C29H34N4O3/c1-19(2)18-26(33-27(34)25-13-9-8-10-20(25)3)28(35)30-21(4)22-14-16-24(17-15-22)32-29(36)31-23-11-6-5-7-12-23/h5-17,19,21,26H,18H2,1-4H3,(H,30,35)(H,33,34)(H2,31,32,36). The zero-order valence-corrected chi connectivity index (χ0v) is 21.2. The fourth-order valence-corrected chi connectivity index (χ4v) is 3.83. The summed E-state index contributed by atoms with van der Waals surface area (Å²) in [5.74, 6) is -0.269. The van der Waals surface area contributed by atoms with E-state index >= 15 is 0 Å². The molecule has 3 aromatic carbocycles. The number of amides is 4. The maximum atomic E-state index is 13.1. The van der Waals surface area contributed by atoms with Gasteiger partial charge in [-0.25, -0.2) is 4.79 Å². The van der Waals surface area contributed by atoms with Crippen molar-refractivity contribution in [2.75, 3.05) is 10.6 Å². The number of nitrogens with one attached hydrogen (secondary N) is 4. The van der Waals surface area contributed by atoms with Gasteiger partial charge in [0.05, 0.1) is 6.04 Å². The SMILES string of the molecule is Cc1ccccc1C(=O)NC(CC(C)C)C(=O)NC(C)c1ccc(NC(=O)Nc2ccccc2)cc1. The van der Waals surface area contributed by atoms with Crippen molar-refractivity contribution in [1.82, 2.24) is 10.6 Å². The number of rotatable bonds is 9. The second kappa shape index (κ2) is 12.5. The first kappa shape index (κ1) is 26.5. The van der Waals surface area contributed by atoms with E-state index in [1.807, 2.05) is 88.4 Å². The molecular weight excluding hydrogens is 452 g/mol. The molecule has 36 heavy (non-hydrogen) atoms. The van der Waals surface area contributed by atoms with Gasteiger partial charge < -0.3 is 21.3 Å². The number of aryl methyl sites for hydroxylation is 1.